The zero-order chi connectivity index (χ0) is 15.6. The van der Waals surface area contributed by atoms with Crippen LogP contribution in [0.1, 0.15) is 43.2 Å². The second-order valence-electron chi connectivity index (χ2n) is 5.53. The fraction of sp³-hybridized carbons (Fsp3) is 0.533. The van der Waals surface area contributed by atoms with Gasteiger partial charge in [-0.05, 0) is 31.4 Å². The van der Waals surface area contributed by atoms with E-state index >= 15 is 0 Å². The van der Waals surface area contributed by atoms with Crippen LogP contribution in [0.5, 0.6) is 0 Å². The second kappa shape index (κ2) is 6.05. The zero-order valence-corrected chi connectivity index (χ0v) is 11.8. The number of alkyl halides is 3. The quantitative estimate of drug-likeness (QED) is 0.902. The Balaban J connectivity index is 2.27. The fourth-order valence-electron chi connectivity index (χ4n) is 2.90. The van der Waals surface area contributed by atoms with E-state index in [1.165, 1.54) is 12.1 Å². The number of nitrogens with one attached hydrogen (secondary N) is 1. The van der Waals surface area contributed by atoms with Gasteiger partial charge in [0, 0.05) is 12.0 Å². The zero-order valence-electron chi connectivity index (χ0n) is 11.8. The van der Waals surface area contributed by atoms with Crippen LogP contribution >= 0.6 is 0 Å². The van der Waals surface area contributed by atoms with Crippen LogP contribution in [0.2, 0.25) is 0 Å². The normalized spacial score (nSPS) is 23.9. The van der Waals surface area contributed by atoms with Crippen LogP contribution in [0.3, 0.4) is 0 Å². The first-order chi connectivity index (χ1) is 9.80. The highest BCUT2D eigenvalue weighted by atomic mass is 19.4. The van der Waals surface area contributed by atoms with Gasteiger partial charge in [0.1, 0.15) is 0 Å². The molecule has 116 valence electrons. The summed E-state index contributed by atoms with van der Waals surface area (Å²) in [6.07, 6.45) is -2.28. The van der Waals surface area contributed by atoms with Crippen LogP contribution in [0.15, 0.2) is 24.3 Å². The number of rotatable bonds is 3. The molecule has 6 heteroatoms. The predicted octanol–water partition coefficient (Wildman–Crippen LogP) is 2.80. The van der Waals surface area contributed by atoms with Gasteiger partial charge in [0.15, 0.2) is 0 Å². The standard InChI is InChI=1S/C15H19F3N2O/c1-9(19)14(21)20-13-8-4-6-11(13)10-5-2-3-7-12(10)15(16,17)18/h2-3,5,7,9,11,13H,4,6,8,19H2,1H3,(H,20,21). The Kier molecular flexibility index (Phi) is 4.56. The molecule has 21 heavy (non-hydrogen) atoms. The van der Waals surface area contributed by atoms with Crippen molar-refractivity contribution in [2.24, 2.45) is 5.73 Å². The lowest BCUT2D eigenvalue weighted by Crippen LogP contribution is -2.44. The number of hydrogen-bond acceptors (Lipinski definition) is 2. The van der Waals surface area contributed by atoms with Gasteiger partial charge in [-0.1, -0.05) is 24.6 Å². The summed E-state index contributed by atoms with van der Waals surface area (Å²) in [6.45, 7) is 1.56. The van der Waals surface area contributed by atoms with Crippen molar-refractivity contribution in [3.05, 3.63) is 35.4 Å². The van der Waals surface area contributed by atoms with E-state index in [0.29, 0.717) is 12.8 Å². The van der Waals surface area contributed by atoms with Crippen molar-refractivity contribution in [1.82, 2.24) is 5.32 Å². The summed E-state index contributed by atoms with van der Waals surface area (Å²) in [5, 5.41) is 2.77. The first-order valence-electron chi connectivity index (χ1n) is 7.02. The van der Waals surface area contributed by atoms with Crippen molar-refractivity contribution >= 4 is 5.91 Å². The van der Waals surface area contributed by atoms with Gasteiger partial charge in [-0.2, -0.15) is 13.2 Å². The number of carbonyl (C=O) groups is 1. The number of amides is 1. The molecule has 3 unspecified atom stereocenters. The Labute approximate surface area is 121 Å². The molecule has 1 amide bonds. The third-order valence-electron chi connectivity index (χ3n) is 3.92. The lowest BCUT2D eigenvalue weighted by atomic mass is 9.89. The molecule has 1 aromatic carbocycles. The lowest BCUT2D eigenvalue weighted by Gasteiger charge is -2.25. The van der Waals surface area contributed by atoms with Crippen LogP contribution in [-0.4, -0.2) is 18.0 Å². The monoisotopic (exact) mass is 300 g/mol. The lowest BCUT2D eigenvalue weighted by molar-refractivity contribution is -0.138. The van der Waals surface area contributed by atoms with Gasteiger partial charge in [0.05, 0.1) is 11.6 Å². The van der Waals surface area contributed by atoms with Crippen LogP contribution in [-0.2, 0) is 11.0 Å². The Morgan fingerprint density at radius 1 is 1.33 bits per heavy atom. The predicted molar refractivity (Wildman–Crippen MR) is 73.6 cm³/mol. The first kappa shape index (κ1) is 15.8. The molecular formula is C15H19F3N2O. The van der Waals surface area contributed by atoms with Crippen molar-refractivity contribution in [2.75, 3.05) is 0 Å². The molecule has 3 atom stereocenters. The van der Waals surface area contributed by atoms with Gasteiger partial charge in [-0.15, -0.1) is 0 Å². The largest absolute Gasteiger partial charge is 0.416 e. The minimum absolute atomic E-state index is 0.262. The number of nitrogens with two attached hydrogens (primary N) is 1. The van der Waals surface area contributed by atoms with Crippen molar-refractivity contribution in [3.8, 4) is 0 Å². The average Bonchev–Trinajstić information content (AvgIpc) is 2.85. The maximum absolute atomic E-state index is 13.1. The molecule has 2 rings (SSSR count). The van der Waals surface area contributed by atoms with Crippen LogP contribution in [0, 0.1) is 0 Å². The van der Waals surface area contributed by atoms with Crippen molar-refractivity contribution in [2.45, 2.75) is 50.4 Å². The highest BCUT2D eigenvalue weighted by molar-refractivity contribution is 5.81. The molecule has 1 aliphatic rings. The number of carbonyl (C=O) groups excluding carboxylic acids is 1. The van der Waals surface area contributed by atoms with E-state index in [1.807, 2.05) is 0 Å². The SMILES string of the molecule is CC(N)C(=O)NC1CCCC1c1ccccc1C(F)(F)F. The maximum Gasteiger partial charge on any atom is 0.416 e. The van der Waals surface area contributed by atoms with Crippen LogP contribution in [0.4, 0.5) is 13.2 Å². The van der Waals surface area contributed by atoms with E-state index < -0.39 is 17.8 Å². The summed E-state index contributed by atoms with van der Waals surface area (Å²) < 4.78 is 39.3. The van der Waals surface area contributed by atoms with Gasteiger partial charge in [-0.25, -0.2) is 0 Å². The van der Waals surface area contributed by atoms with Crippen molar-refractivity contribution < 1.29 is 18.0 Å². The second-order valence-corrected chi connectivity index (χ2v) is 5.53. The third kappa shape index (κ3) is 3.56. The molecule has 1 aliphatic carbocycles. The molecule has 0 spiro atoms. The third-order valence-corrected chi connectivity index (χ3v) is 3.92. The van der Waals surface area contributed by atoms with Gasteiger partial charge < -0.3 is 11.1 Å². The minimum Gasteiger partial charge on any atom is -0.351 e. The van der Waals surface area contributed by atoms with E-state index in [0.717, 1.165) is 12.5 Å². The van der Waals surface area contributed by atoms with E-state index in [9.17, 15) is 18.0 Å². The van der Waals surface area contributed by atoms with E-state index in [4.69, 9.17) is 5.73 Å². The Bertz CT molecular complexity index is 514. The van der Waals surface area contributed by atoms with Crippen LogP contribution < -0.4 is 11.1 Å². The number of benzene rings is 1. The van der Waals surface area contributed by atoms with Gasteiger partial charge in [-0.3, -0.25) is 4.79 Å². The molecule has 0 aromatic heterocycles. The topological polar surface area (TPSA) is 55.1 Å². The highest BCUT2D eigenvalue weighted by Gasteiger charge is 2.38. The molecule has 0 bridgehead atoms. The molecular weight excluding hydrogens is 281 g/mol. The summed E-state index contributed by atoms with van der Waals surface area (Å²) >= 11 is 0. The highest BCUT2D eigenvalue weighted by Crippen LogP contribution is 2.41. The van der Waals surface area contributed by atoms with Crippen molar-refractivity contribution in [1.29, 1.82) is 0 Å². The van der Waals surface area contributed by atoms with Crippen LogP contribution in [0.25, 0.3) is 0 Å². The average molecular weight is 300 g/mol. The molecule has 1 saturated carbocycles. The Morgan fingerprint density at radius 2 is 2.00 bits per heavy atom. The van der Waals surface area contributed by atoms with E-state index in [1.54, 1.807) is 13.0 Å². The molecule has 3 N–H and O–H groups in total. The first-order valence-corrected chi connectivity index (χ1v) is 7.02. The summed E-state index contributed by atoms with van der Waals surface area (Å²) in [5.41, 5.74) is 5.15. The van der Waals surface area contributed by atoms with Gasteiger partial charge in [0.25, 0.3) is 0 Å². The Morgan fingerprint density at radius 3 is 2.62 bits per heavy atom. The summed E-state index contributed by atoms with van der Waals surface area (Å²) in [4.78, 5) is 11.7. The molecule has 3 nitrogen and oxygen atoms in total. The number of hydrogen-bond donors (Lipinski definition) is 2. The van der Waals surface area contributed by atoms with E-state index in [-0.39, 0.29) is 23.4 Å². The Hall–Kier alpha value is -1.56. The number of halogens is 3. The fourth-order valence-corrected chi connectivity index (χ4v) is 2.90. The minimum atomic E-state index is -4.38. The molecule has 0 saturated heterocycles. The molecule has 0 aliphatic heterocycles. The summed E-state index contributed by atoms with van der Waals surface area (Å²) in [5.74, 6) is -0.637. The summed E-state index contributed by atoms with van der Waals surface area (Å²) in [6, 6.07) is 4.64. The molecule has 1 fully saturated rings. The molecule has 1 aromatic rings. The summed E-state index contributed by atoms with van der Waals surface area (Å²) in [7, 11) is 0. The van der Waals surface area contributed by atoms with E-state index in [2.05, 4.69) is 5.32 Å². The van der Waals surface area contributed by atoms with Gasteiger partial charge >= 0.3 is 6.18 Å². The molecule has 0 heterocycles. The van der Waals surface area contributed by atoms with Gasteiger partial charge in [0.2, 0.25) is 5.91 Å². The maximum atomic E-state index is 13.1. The van der Waals surface area contributed by atoms with Crippen molar-refractivity contribution in [3.63, 3.8) is 0 Å². The molecule has 0 radical (unpaired) electrons. The smallest absolute Gasteiger partial charge is 0.351 e.